The third kappa shape index (κ3) is 5.06. The molecule has 1 amide bonds. The number of halogens is 3. The highest BCUT2D eigenvalue weighted by atomic mass is 35.5. The maximum atomic E-state index is 15.3. The van der Waals surface area contributed by atoms with Gasteiger partial charge in [-0.1, -0.05) is 29.3 Å². The van der Waals surface area contributed by atoms with Gasteiger partial charge in [0.05, 0.1) is 27.9 Å². The highest BCUT2D eigenvalue weighted by molar-refractivity contribution is 7.92. The Bertz CT molecular complexity index is 1480. The number of hydrogen-bond acceptors (Lipinski definition) is 5. The smallest absolute Gasteiger partial charge is 0.410 e. The van der Waals surface area contributed by atoms with Crippen LogP contribution in [0, 0.1) is 23.6 Å². The van der Waals surface area contributed by atoms with Crippen molar-refractivity contribution < 1.29 is 27.1 Å². The normalized spacial score (nSPS) is 21.1. The molecule has 1 unspecified atom stereocenters. The Balaban J connectivity index is 1.25. The number of carbonyl (C=O) groups excluding carboxylic acids is 1. The van der Waals surface area contributed by atoms with Crippen molar-refractivity contribution in [1.29, 1.82) is 0 Å². The van der Waals surface area contributed by atoms with Gasteiger partial charge in [0, 0.05) is 30.6 Å². The zero-order chi connectivity index (χ0) is 26.7. The molecule has 3 atom stereocenters. The number of carbonyl (C=O) groups is 1. The summed E-state index contributed by atoms with van der Waals surface area (Å²) in [6.07, 6.45) is 1.15. The Kier molecular flexibility index (Phi) is 6.49. The van der Waals surface area contributed by atoms with E-state index in [-0.39, 0.29) is 41.9 Å². The first-order chi connectivity index (χ1) is 17.4. The molecule has 2 N–H and O–H groups in total. The SMILES string of the molecule is CC(C)(C)OC(=O)N1C[C@@H]2C(COc3cccc(S(=O)(=O)Nc4ccc(Cl)c5c(Cl)c[nH]c45)c3F)[C@@H]2C1. The second kappa shape index (κ2) is 9.25. The van der Waals surface area contributed by atoms with Crippen LogP contribution in [-0.2, 0) is 14.8 Å². The number of rotatable bonds is 6. The Hall–Kier alpha value is -2.69. The molecule has 5 rings (SSSR count). The van der Waals surface area contributed by atoms with E-state index < -0.39 is 26.3 Å². The van der Waals surface area contributed by atoms with E-state index in [1.807, 2.05) is 20.8 Å². The number of piperidine rings is 1. The van der Waals surface area contributed by atoms with Crippen LogP contribution in [0.1, 0.15) is 20.8 Å². The fourth-order valence-corrected chi connectivity index (χ4v) is 6.54. The summed E-state index contributed by atoms with van der Waals surface area (Å²) >= 11 is 12.3. The minimum absolute atomic E-state index is 0.152. The van der Waals surface area contributed by atoms with Gasteiger partial charge in [0.1, 0.15) is 10.5 Å². The predicted molar refractivity (Wildman–Crippen MR) is 139 cm³/mol. The average molecular weight is 570 g/mol. The van der Waals surface area contributed by atoms with Gasteiger partial charge in [-0.3, -0.25) is 4.72 Å². The number of H-pyrrole nitrogens is 1. The van der Waals surface area contributed by atoms with Crippen molar-refractivity contribution in [1.82, 2.24) is 9.88 Å². The van der Waals surface area contributed by atoms with Crippen LogP contribution in [0.4, 0.5) is 14.9 Å². The lowest BCUT2D eigenvalue weighted by molar-refractivity contribution is 0.0260. The first-order valence-corrected chi connectivity index (χ1v) is 14.0. The number of nitrogens with zero attached hydrogens (tertiary/aromatic N) is 1. The molecule has 1 aromatic heterocycles. The molecule has 1 aliphatic carbocycles. The number of benzene rings is 2. The molecule has 3 aromatic rings. The lowest BCUT2D eigenvalue weighted by Crippen LogP contribution is -2.37. The van der Waals surface area contributed by atoms with Gasteiger partial charge in [0.2, 0.25) is 0 Å². The number of fused-ring (bicyclic) bond motifs is 2. The molecular weight excluding hydrogens is 544 g/mol. The van der Waals surface area contributed by atoms with E-state index >= 15 is 4.39 Å². The molecule has 1 saturated carbocycles. The third-order valence-electron chi connectivity index (χ3n) is 6.65. The summed E-state index contributed by atoms with van der Waals surface area (Å²) in [7, 11) is -4.30. The zero-order valence-electron chi connectivity index (χ0n) is 20.3. The number of aromatic nitrogens is 1. The number of nitrogens with one attached hydrogen (secondary N) is 2. The highest BCUT2D eigenvalue weighted by Crippen LogP contribution is 2.52. The van der Waals surface area contributed by atoms with Crippen molar-refractivity contribution in [3.05, 3.63) is 52.4 Å². The lowest BCUT2D eigenvalue weighted by Gasteiger charge is -2.25. The van der Waals surface area contributed by atoms with Gasteiger partial charge in [-0.25, -0.2) is 17.6 Å². The third-order valence-corrected chi connectivity index (χ3v) is 8.65. The first-order valence-electron chi connectivity index (χ1n) is 11.7. The van der Waals surface area contributed by atoms with E-state index in [0.29, 0.717) is 34.0 Å². The molecule has 2 heterocycles. The topological polar surface area (TPSA) is 101 Å². The standard InChI is InChI=1S/C25H26Cl2FN3O5S/c1-25(2,3)36-24(32)31-10-13-14(11-31)15(13)12-35-19-5-4-6-20(22(19)28)37(33,34)30-18-8-7-16(26)21-17(27)9-29-23(18)21/h4-9,13-15,29-30H,10-12H2,1-3H3/t13-,14+,15?. The summed E-state index contributed by atoms with van der Waals surface area (Å²) in [4.78, 5) is 16.3. The van der Waals surface area contributed by atoms with E-state index in [2.05, 4.69) is 9.71 Å². The summed E-state index contributed by atoms with van der Waals surface area (Å²) in [6.45, 7) is 6.82. The van der Waals surface area contributed by atoms with Crippen molar-refractivity contribution in [2.24, 2.45) is 17.8 Å². The molecule has 0 spiro atoms. The number of likely N-dealkylation sites (tertiary alicyclic amines) is 1. The van der Waals surface area contributed by atoms with E-state index in [1.54, 1.807) is 4.90 Å². The average Bonchev–Trinajstić information content (AvgIpc) is 3.11. The molecule has 8 nitrogen and oxygen atoms in total. The van der Waals surface area contributed by atoms with Crippen molar-refractivity contribution in [3.63, 3.8) is 0 Å². The Labute approximate surface area is 224 Å². The van der Waals surface area contributed by atoms with Crippen molar-refractivity contribution in [2.75, 3.05) is 24.4 Å². The van der Waals surface area contributed by atoms with Crippen molar-refractivity contribution in [2.45, 2.75) is 31.3 Å². The molecular formula is C25H26Cl2FN3O5S. The molecule has 2 fully saturated rings. The van der Waals surface area contributed by atoms with E-state index in [0.717, 1.165) is 0 Å². The largest absolute Gasteiger partial charge is 0.490 e. The number of aromatic amines is 1. The number of sulfonamides is 1. The second-order valence-electron chi connectivity index (χ2n) is 10.3. The Morgan fingerprint density at radius 1 is 1.16 bits per heavy atom. The zero-order valence-corrected chi connectivity index (χ0v) is 22.7. The minimum atomic E-state index is -4.30. The van der Waals surface area contributed by atoms with Crippen LogP contribution in [-0.4, -0.2) is 49.7 Å². The van der Waals surface area contributed by atoms with Crippen LogP contribution in [0.2, 0.25) is 10.0 Å². The van der Waals surface area contributed by atoms with Crippen LogP contribution < -0.4 is 9.46 Å². The maximum Gasteiger partial charge on any atom is 0.410 e. The molecule has 0 bridgehead atoms. The number of amides is 1. The van der Waals surface area contributed by atoms with Crippen molar-refractivity contribution in [3.8, 4) is 5.75 Å². The summed E-state index contributed by atoms with van der Waals surface area (Å²) in [6, 6.07) is 6.97. The molecule has 1 saturated heterocycles. The van der Waals surface area contributed by atoms with Gasteiger partial charge in [0.25, 0.3) is 10.0 Å². The summed E-state index contributed by atoms with van der Waals surface area (Å²) < 4.78 is 55.0. The van der Waals surface area contributed by atoms with Gasteiger partial charge in [-0.2, -0.15) is 0 Å². The molecule has 37 heavy (non-hydrogen) atoms. The number of anilines is 1. The van der Waals surface area contributed by atoms with Crippen molar-refractivity contribution >= 4 is 55.9 Å². The molecule has 2 aliphatic rings. The Morgan fingerprint density at radius 2 is 1.86 bits per heavy atom. The fraction of sp³-hybridized carbons (Fsp3) is 0.400. The Morgan fingerprint density at radius 3 is 2.54 bits per heavy atom. The van der Waals surface area contributed by atoms with Gasteiger partial charge >= 0.3 is 6.09 Å². The quantitative estimate of drug-likeness (QED) is 0.384. The van der Waals surface area contributed by atoms with Gasteiger partial charge in [0.15, 0.2) is 11.6 Å². The van der Waals surface area contributed by atoms with Gasteiger partial charge in [-0.15, -0.1) is 0 Å². The first kappa shape index (κ1) is 25.9. The van der Waals surface area contributed by atoms with Crippen LogP contribution in [0.5, 0.6) is 5.75 Å². The minimum Gasteiger partial charge on any atom is -0.490 e. The monoisotopic (exact) mass is 569 g/mol. The van der Waals surface area contributed by atoms with Crippen LogP contribution in [0.25, 0.3) is 10.9 Å². The molecule has 2 aromatic carbocycles. The maximum absolute atomic E-state index is 15.3. The summed E-state index contributed by atoms with van der Waals surface area (Å²) in [5.74, 6) is -0.462. The molecule has 0 radical (unpaired) electrons. The lowest BCUT2D eigenvalue weighted by atomic mass is 10.2. The highest BCUT2D eigenvalue weighted by Gasteiger charge is 2.57. The van der Waals surface area contributed by atoms with Crippen LogP contribution in [0.3, 0.4) is 0 Å². The summed E-state index contributed by atoms with van der Waals surface area (Å²) in [5.41, 5.74) is 0.00462. The second-order valence-corrected chi connectivity index (χ2v) is 12.8. The molecule has 198 valence electrons. The van der Waals surface area contributed by atoms with E-state index in [4.69, 9.17) is 32.7 Å². The van der Waals surface area contributed by atoms with Crippen LogP contribution >= 0.6 is 23.2 Å². The predicted octanol–water partition coefficient (Wildman–Crippen LogP) is 5.91. The number of ether oxygens (including phenoxy) is 2. The molecule has 1 aliphatic heterocycles. The molecule has 12 heteroatoms. The van der Waals surface area contributed by atoms with Crippen LogP contribution in [0.15, 0.2) is 41.4 Å². The van der Waals surface area contributed by atoms with Gasteiger partial charge < -0.3 is 19.4 Å². The summed E-state index contributed by atoms with van der Waals surface area (Å²) in [5, 5.41) is 1.15. The van der Waals surface area contributed by atoms with Gasteiger partial charge in [-0.05, 0) is 56.9 Å². The van der Waals surface area contributed by atoms with E-state index in [9.17, 15) is 13.2 Å². The van der Waals surface area contributed by atoms with E-state index in [1.165, 1.54) is 36.5 Å². The number of hydrogen-bond donors (Lipinski definition) is 2. The fourth-order valence-electron chi connectivity index (χ4n) is 4.82.